The molecule has 26 heavy (non-hydrogen) atoms. The van der Waals surface area contributed by atoms with Crippen LogP contribution >= 0.6 is 11.6 Å². The Morgan fingerprint density at radius 1 is 1.15 bits per heavy atom. The molecule has 4 rings (SSSR count). The minimum atomic E-state index is -2.83. The van der Waals surface area contributed by atoms with E-state index in [9.17, 15) is 13.6 Å². The zero-order valence-electron chi connectivity index (χ0n) is 12.9. The van der Waals surface area contributed by atoms with E-state index < -0.39 is 18.1 Å². The van der Waals surface area contributed by atoms with Crippen molar-refractivity contribution >= 4 is 22.7 Å². The first-order valence-electron chi connectivity index (χ1n) is 7.37. The van der Waals surface area contributed by atoms with Gasteiger partial charge in [-0.05, 0) is 24.3 Å². The monoisotopic (exact) mass is 378 g/mol. The van der Waals surface area contributed by atoms with E-state index in [-0.39, 0.29) is 12.4 Å². The topological polar surface area (TPSA) is 87.0 Å². The summed E-state index contributed by atoms with van der Waals surface area (Å²) in [5, 5.41) is 7.28. The molecule has 10 heteroatoms. The van der Waals surface area contributed by atoms with Crippen molar-refractivity contribution in [3.05, 3.63) is 63.7 Å². The average Bonchev–Trinajstić information content (AvgIpc) is 3.21. The molecule has 0 radical (unpaired) electrons. The highest BCUT2D eigenvalue weighted by molar-refractivity contribution is 6.31. The number of hydrogen-bond acceptors (Lipinski definition) is 6. The zero-order valence-corrected chi connectivity index (χ0v) is 13.7. The Labute approximate surface area is 148 Å². The summed E-state index contributed by atoms with van der Waals surface area (Å²) in [6.45, 7) is 0.167. The summed E-state index contributed by atoms with van der Waals surface area (Å²) in [6.07, 6.45) is -1.43. The second-order valence-corrected chi connectivity index (χ2v) is 5.79. The van der Waals surface area contributed by atoms with E-state index in [0.29, 0.717) is 27.4 Å². The summed E-state index contributed by atoms with van der Waals surface area (Å²) in [4.78, 5) is 16.2. The summed E-state index contributed by atoms with van der Waals surface area (Å²) in [5.41, 5.74) is 1.92. The molecular formula is C16H9ClF2N4O3. The van der Waals surface area contributed by atoms with Gasteiger partial charge in [0.15, 0.2) is 5.58 Å². The Kier molecular flexibility index (Phi) is 4.00. The highest BCUT2D eigenvalue weighted by Crippen LogP contribution is 2.23. The molecule has 1 aromatic carbocycles. The highest BCUT2D eigenvalue weighted by Gasteiger charge is 2.17. The van der Waals surface area contributed by atoms with Gasteiger partial charge in [-0.25, -0.2) is 4.79 Å². The Bertz CT molecular complexity index is 1130. The van der Waals surface area contributed by atoms with Gasteiger partial charge in [-0.15, -0.1) is 10.2 Å². The molecule has 0 bridgehead atoms. The van der Waals surface area contributed by atoms with Crippen LogP contribution in [0.25, 0.3) is 22.6 Å². The lowest BCUT2D eigenvalue weighted by atomic mass is 10.2. The third-order valence-corrected chi connectivity index (χ3v) is 3.88. The van der Waals surface area contributed by atoms with Gasteiger partial charge in [0.25, 0.3) is 5.89 Å². The van der Waals surface area contributed by atoms with Crippen molar-refractivity contribution in [3.63, 3.8) is 0 Å². The van der Waals surface area contributed by atoms with Crippen molar-refractivity contribution in [2.75, 3.05) is 0 Å². The number of benzene rings is 1. The lowest BCUT2D eigenvalue weighted by Gasteiger charge is -2.03. The number of hydrogen-bond donors (Lipinski definition) is 0. The molecule has 0 spiro atoms. The van der Waals surface area contributed by atoms with Crippen LogP contribution in [0.5, 0.6) is 0 Å². The quantitative estimate of drug-likeness (QED) is 0.538. The van der Waals surface area contributed by atoms with Crippen LogP contribution < -0.4 is 5.76 Å². The van der Waals surface area contributed by atoms with Gasteiger partial charge in [0.2, 0.25) is 5.89 Å². The lowest BCUT2D eigenvalue weighted by Crippen LogP contribution is -2.15. The van der Waals surface area contributed by atoms with E-state index >= 15 is 0 Å². The fourth-order valence-electron chi connectivity index (χ4n) is 2.44. The molecule has 0 aliphatic heterocycles. The van der Waals surface area contributed by atoms with E-state index in [0.717, 1.165) is 0 Å². The summed E-state index contributed by atoms with van der Waals surface area (Å²) >= 11 is 5.89. The van der Waals surface area contributed by atoms with E-state index in [4.69, 9.17) is 20.4 Å². The van der Waals surface area contributed by atoms with Crippen LogP contribution in [-0.2, 0) is 6.54 Å². The molecule has 3 aromatic heterocycles. The third-order valence-electron chi connectivity index (χ3n) is 3.65. The Morgan fingerprint density at radius 3 is 2.69 bits per heavy atom. The molecule has 0 aliphatic rings. The Balaban J connectivity index is 1.62. The first kappa shape index (κ1) is 16.4. The fraction of sp³-hybridized carbons (Fsp3) is 0.125. The Morgan fingerprint density at radius 2 is 2.00 bits per heavy atom. The van der Waals surface area contributed by atoms with Gasteiger partial charge in [0, 0.05) is 17.3 Å². The number of nitrogens with zero attached hydrogens (tertiary/aromatic N) is 4. The smallest absolute Gasteiger partial charge is 0.415 e. The lowest BCUT2D eigenvalue weighted by molar-refractivity contribution is 0.116. The van der Waals surface area contributed by atoms with Gasteiger partial charge >= 0.3 is 12.2 Å². The maximum absolute atomic E-state index is 12.5. The second-order valence-electron chi connectivity index (χ2n) is 5.35. The predicted octanol–water partition coefficient (Wildman–Crippen LogP) is 3.68. The minimum absolute atomic E-state index is 0.0556. The second kappa shape index (κ2) is 6.34. The summed E-state index contributed by atoms with van der Waals surface area (Å²) in [6, 6.07) is 8.11. The van der Waals surface area contributed by atoms with E-state index in [1.54, 1.807) is 30.3 Å². The van der Waals surface area contributed by atoms with Gasteiger partial charge in [-0.1, -0.05) is 11.6 Å². The summed E-state index contributed by atoms with van der Waals surface area (Å²) in [7, 11) is 0. The van der Waals surface area contributed by atoms with Crippen molar-refractivity contribution in [2.24, 2.45) is 0 Å². The van der Waals surface area contributed by atoms with Gasteiger partial charge in [-0.2, -0.15) is 8.78 Å². The number of oxazole rings is 1. The summed E-state index contributed by atoms with van der Waals surface area (Å²) < 4.78 is 36.4. The van der Waals surface area contributed by atoms with Crippen LogP contribution in [0, 0.1) is 0 Å². The number of aromatic nitrogens is 4. The maximum Gasteiger partial charge on any atom is 0.420 e. The largest absolute Gasteiger partial charge is 0.420 e. The van der Waals surface area contributed by atoms with Crippen LogP contribution in [0.4, 0.5) is 8.78 Å². The maximum atomic E-state index is 12.5. The molecule has 0 N–H and O–H groups in total. The van der Waals surface area contributed by atoms with E-state index in [1.165, 1.54) is 10.8 Å². The first-order chi connectivity index (χ1) is 12.5. The molecule has 7 nitrogen and oxygen atoms in total. The molecule has 0 atom stereocenters. The summed E-state index contributed by atoms with van der Waals surface area (Å²) in [5.74, 6) is -1.34. The molecule has 0 saturated heterocycles. The van der Waals surface area contributed by atoms with Gasteiger partial charge in [0.1, 0.15) is 0 Å². The molecule has 4 aromatic rings. The van der Waals surface area contributed by atoms with Crippen molar-refractivity contribution in [3.8, 4) is 11.5 Å². The number of rotatable bonds is 4. The molecule has 3 heterocycles. The zero-order chi connectivity index (χ0) is 18.3. The van der Waals surface area contributed by atoms with E-state index in [2.05, 4.69) is 15.2 Å². The first-order valence-corrected chi connectivity index (χ1v) is 7.75. The van der Waals surface area contributed by atoms with Crippen LogP contribution in [0.1, 0.15) is 18.0 Å². The molecule has 0 fully saturated rings. The van der Waals surface area contributed by atoms with Crippen LogP contribution in [-0.4, -0.2) is 19.7 Å². The molecule has 0 unspecified atom stereocenters. The SMILES string of the molecule is O=c1oc2cc(Cl)ccc2n1Cc1ccc(-c2nnc(C(F)F)o2)cn1. The van der Waals surface area contributed by atoms with Crippen LogP contribution in [0.3, 0.4) is 0 Å². The third kappa shape index (κ3) is 2.97. The van der Waals surface area contributed by atoms with E-state index in [1.807, 2.05) is 0 Å². The molecule has 0 aliphatic carbocycles. The molecule has 0 saturated carbocycles. The fourth-order valence-corrected chi connectivity index (χ4v) is 2.60. The number of fused-ring (bicyclic) bond motifs is 1. The molecular weight excluding hydrogens is 370 g/mol. The molecule has 0 amide bonds. The number of halogens is 3. The highest BCUT2D eigenvalue weighted by atomic mass is 35.5. The van der Waals surface area contributed by atoms with Gasteiger partial charge in [-0.3, -0.25) is 9.55 Å². The molecule has 132 valence electrons. The van der Waals surface area contributed by atoms with Crippen LogP contribution in [0.15, 0.2) is 50.2 Å². The van der Waals surface area contributed by atoms with Gasteiger partial charge < -0.3 is 8.83 Å². The number of alkyl halides is 2. The van der Waals surface area contributed by atoms with Crippen molar-refractivity contribution in [1.29, 1.82) is 0 Å². The van der Waals surface area contributed by atoms with Gasteiger partial charge in [0.05, 0.1) is 23.3 Å². The number of pyridine rings is 1. The van der Waals surface area contributed by atoms with Crippen LogP contribution in [0.2, 0.25) is 5.02 Å². The normalized spacial score (nSPS) is 11.5. The average molecular weight is 379 g/mol. The van der Waals surface area contributed by atoms with Crippen molar-refractivity contribution in [2.45, 2.75) is 13.0 Å². The Hall–Kier alpha value is -3.07. The standard InChI is InChI=1S/C16H9ClF2N4O3/c17-9-2-4-11-12(5-9)25-16(24)23(11)7-10-3-1-8(6-20-10)14-21-22-15(26-14)13(18)19/h1-6,13H,7H2. The van der Waals surface area contributed by atoms with Crippen molar-refractivity contribution < 1.29 is 17.6 Å². The minimum Gasteiger partial charge on any atom is -0.415 e. The van der Waals surface area contributed by atoms with Crippen molar-refractivity contribution in [1.82, 2.24) is 19.7 Å². The predicted molar refractivity (Wildman–Crippen MR) is 87.1 cm³/mol.